The van der Waals surface area contributed by atoms with Gasteiger partial charge in [0.25, 0.3) is 0 Å². The summed E-state index contributed by atoms with van der Waals surface area (Å²) in [7, 11) is -2.13. The lowest BCUT2D eigenvalue weighted by Crippen LogP contribution is -2.48. The van der Waals surface area contributed by atoms with E-state index in [0.29, 0.717) is 18.0 Å². The Hall–Kier alpha value is -2.42. The van der Waals surface area contributed by atoms with Gasteiger partial charge in [0, 0.05) is 38.1 Å². The summed E-state index contributed by atoms with van der Waals surface area (Å²) < 4.78 is 26.7. The predicted molar refractivity (Wildman–Crippen MR) is 135 cm³/mol. The summed E-state index contributed by atoms with van der Waals surface area (Å²) in [5.41, 5.74) is 0.745. The lowest BCUT2D eigenvalue weighted by molar-refractivity contribution is -0.140. The summed E-state index contributed by atoms with van der Waals surface area (Å²) in [4.78, 5) is 27.6. The maximum Gasteiger partial charge on any atom is 0.242 e. The van der Waals surface area contributed by atoms with Crippen LogP contribution < -0.4 is 5.32 Å². The second-order valence-electron chi connectivity index (χ2n) is 8.18. The van der Waals surface area contributed by atoms with Crippen molar-refractivity contribution in [2.45, 2.75) is 57.0 Å². The van der Waals surface area contributed by atoms with Crippen LogP contribution in [0.25, 0.3) is 0 Å². The van der Waals surface area contributed by atoms with E-state index in [1.165, 1.54) is 16.3 Å². The van der Waals surface area contributed by atoms with E-state index < -0.39 is 16.1 Å². The van der Waals surface area contributed by atoms with Gasteiger partial charge in [-0.25, -0.2) is 12.7 Å². The second kappa shape index (κ2) is 13.5. The van der Waals surface area contributed by atoms with Crippen molar-refractivity contribution in [3.8, 4) is 0 Å². The molecule has 0 unspecified atom stereocenters. The number of amides is 2. The Bertz CT molecular complexity index is 1050. The molecule has 1 atom stereocenters. The third-order valence-corrected chi connectivity index (χ3v) is 7.85. The highest BCUT2D eigenvalue weighted by Crippen LogP contribution is 2.20. The molecule has 2 aromatic carbocycles. The number of carbonyl (C=O) groups is 2. The Labute approximate surface area is 208 Å². The smallest absolute Gasteiger partial charge is 0.242 e. The first-order valence-corrected chi connectivity index (χ1v) is 13.3. The molecule has 2 rings (SSSR count). The van der Waals surface area contributed by atoms with Gasteiger partial charge in [-0.2, -0.15) is 0 Å². The molecule has 2 amide bonds. The van der Waals surface area contributed by atoms with E-state index >= 15 is 0 Å². The molecule has 0 saturated heterocycles. The van der Waals surface area contributed by atoms with E-state index in [1.54, 1.807) is 43.3 Å². The third kappa shape index (κ3) is 7.82. The van der Waals surface area contributed by atoms with Gasteiger partial charge in [-0.15, -0.1) is 0 Å². The molecule has 2 aromatic rings. The van der Waals surface area contributed by atoms with E-state index in [1.807, 2.05) is 25.1 Å². The van der Waals surface area contributed by atoms with Crippen molar-refractivity contribution in [2.24, 2.45) is 0 Å². The number of hydrogen-bond donors (Lipinski definition) is 1. The van der Waals surface area contributed by atoms with Gasteiger partial charge in [-0.05, 0) is 43.5 Å². The minimum absolute atomic E-state index is 0.103. The zero-order chi connectivity index (χ0) is 25.1. The highest BCUT2D eigenvalue weighted by Gasteiger charge is 2.27. The molecule has 0 aliphatic heterocycles. The number of rotatable bonds is 13. The van der Waals surface area contributed by atoms with Gasteiger partial charge in [-0.3, -0.25) is 9.59 Å². The zero-order valence-corrected chi connectivity index (χ0v) is 21.6. The number of sulfonamides is 1. The van der Waals surface area contributed by atoms with Crippen LogP contribution in [0.15, 0.2) is 59.5 Å². The number of carbonyl (C=O) groups excluding carboxylic acids is 2. The number of nitrogens with zero attached hydrogens (tertiary/aromatic N) is 2. The maximum absolute atomic E-state index is 13.2. The zero-order valence-electron chi connectivity index (χ0n) is 20.0. The molecule has 34 heavy (non-hydrogen) atoms. The molecular formula is C25H34ClN3O4S. The summed E-state index contributed by atoms with van der Waals surface area (Å²) in [5, 5.41) is 3.40. The fourth-order valence-corrected chi connectivity index (χ4v) is 4.84. The molecule has 7 nitrogen and oxygen atoms in total. The van der Waals surface area contributed by atoms with Gasteiger partial charge < -0.3 is 10.2 Å². The van der Waals surface area contributed by atoms with Crippen molar-refractivity contribution >= 4 is 33.4 Å². The number of hydrogen-bond acceptors (Lipinski definition) is 4. The Morgan fingerprint density at radius 3 is 2.32 bits per heavy atom. The molecule has 0 heterocycles. The van der Waals surface area contributed by atoms with Gasteiger partial charge in [0.1, 0.15) is 6.04 Å². The molecule has 0 radical (unpaired) electrons. The van der Waals surface area contributed by atoms with Gasteiger partial charge in [-0.1, -0.05) is 61.3 Å². The molecule has 186 valence electrons. The largest absolute Gasteiger partial charge is 0.354 e. The molecule has 0 aliphatic carbocycles. The molecule has 0 aromatic heterocycles. The van der Waals surface area contributed by atoms with Crippen LogP contribution in [0.2, 0.25) is 5.02 Å². The van der Waals surface area contributed by atoms with Gasteiger partial charge >= 0.3 is 0 Å². The molecule has 0 bridgehead atoms. The fraction of sp³-hybridized carbons (Fsp3) is 0.440. The van der Waals surface area contributed by atoms with Crippen LogP contribution in [-0.4, -0.2) is 55.6 Å². The Morgan fingerprint density at radius 2 is 1.68 bits per heavy atom. The monoisotopic (exact) mass is 507 g/mol. The van der Waals surface area contributed by atoms with E-state index in [0.717, 1.165) is 18.4 Å². The number of halogens is 1. The van der Waals surface area contributed by atoms with Crippen molar-refractivity contribution in [1.82, 2.24) is 14.5 Å². The molecule has 0 fully saturated rings. The maximum atomic E-state index is 13.2. The number of unbranched alkanes of at least 4 members (excludes halogenated alkanes) is 1. The number of benzene rings is 2. The summed E-state index contributed by atoms with van der Waals surface area (Å²) in [6.07, 6.45) is 2.24. The summed E-state index contributed by atoms with van der Waals surface area (Å²) in [6.45, 7) is 4.66. The molecule has 0 saturated carbocycles. The van der Waals surface area contributed by atoms with E-state index in [-0.39, 0.29) is 36.2 Å². The topological polar surface area (TPSA) is 86.8 Å². The first-order chi connectivity index (χ1) is 16.2. The Balaban J connectivity index is 2.07. The van der Waals surface area contributed by atoms with Gasteiger partial charge in [0.2, 0.25) is 21.8 Å². The standard InChI is InChI=1S/C25H34ClN3O4S/c1-4-5-17-27-25(31)20(2)29(19-21-12-9-10-15-23(21)26)24(30)16-11-18-28(3)34(32,33)22-13-7-6-8-14-22/h6-10,12-15,20H,4-5,11,16-19H2,1-3H3,(H,27,31)/t20-/m1/s1. The van der Waals surface area contributed by atoms with E-state index in [2.05, 4.69) is 5.32 Å². The quantitative estimate of drug-likeness (QED) is 0.414. The Kier molecular flexibility index (Phi) is 11.0. The highest BCUT2D eigenvalue weighted by molar-refractivity contribution is 7.89. The van der Waals surface area contributed by atoms with Crippen molar-refractivity contribution in [3.63, 3.8) is 0 Å². The molecule has 0 aliphatic rings. The number of nitrogens with one attached hydrogen (secondary N) is 1. The predicted octanol–water partition coefficient (Wildman–Crippen LogP) is 4.07. The molecular weight excluding hydrogens is 474 g/mol. The van der Waals surface area contributed by atoms with Crippen LogP contribution in [0, 0.1) is 0 Å². The summed E-state index contributed by atoms with van der Waals surface area (Å²) >= 11 is 6.30. The average Bonchev–Trinajstić information content (AvgIpc) is 2.83. The molecule has 1 N–H and O–H groups in total. The van der Waals surface area contributed by atoms with Crippen LogP contribution in [0.3, 0.4) is 0 Å². The summed E-state index contributed by atoms with van der Waals surface area (Å²) in [6, 6.07) is 14.7. The van der Waals surface area contributed by atoms with Crippen LogP contribution in [0.5, 0.6) is 0 Å². The van der Waals surface area contributed by atoms with Crippen molar-refractivity contribution in [3.05, 3.63) is 65.2 Å². The fourth-order valence-electron chi connectivity index (χ4n) is 3.42. The normalized spacial score (nSPS) is 12.4. The average molecular weight is 508 g/mol. The minimum Gasteiger partial charge on any atom is -0.354 e. The SMILES string of the molecule is CCCCNC(=O)[C@@H](C)N(Cc1ccccc1Cl)C(=O)CCCN(C)S(=O)(=O)c1ccccc1. The van der Waals surface area contributed by atoms with Crippen LogP contribution in [0.1, 0.15) is 45.1 Å². The van der Waals surface area contributed by atoms with Crippen LogP contribution in [-0.2, 0) is 26.2 Å². The highest BCUT2D eigenvalue weighted by atomic mass is 35.5. The van der Waals surface area contributed by atoms with Crippen molar-refractivity contribution in [2.75, 3.05) is 20.1 Å². The van der Waals surface area contributed by atoms with E-state index in [4.69, 9.17) is 11.6 Å². The van der Waals surface area contributed by atoms with E-state index in [9.17, 15) is 18.0 Å². The first-order valence-electron chi connectivity index (χ1n) is 11.5. The summed E-state index contributed by atoms with van der Waals surface area (Å²) in [5.74, 6) is -0.457. The molecule has 9 heteroatoms. The van der Waals surface area contributed by atoms with Gasteiger partial charge in [0.05, 0.1) is 4.90 Å². The van der Waals surface area contributed by atoms with Crippen LogP contribution >= 0.6 is 11.6 Å². The second-order valence-corrected chi connectivity index (χ2v) is 10.6. The lowest BCUT2D eigenvalue weighted by atomic mass is 10.1. The minimum atomic E-state index is -3.63. The third-order valence-electron chi connectivity index (χ3n) is 5.61. The first kappa shape index (κ1) is 27.8. The Morgan fingerprint density at radius 1 is 1.03 bits per heavy atom. The van der Waals surface area contributed by atoms with Crippen molar-refractivity contribution in [1.29, 1.82) is 0 Å². The van der Waals surface area contributed by atoms with Gasteiger partial charge in [0.15, 0.2) is 0 Å². The lowest BCUT2D eigenvalue weighted by Gasteiger charge is -2.29. The van der Waals surface area contributed by atoms with Crippen LogP contribution in [0.4, 0.5) is 0 Å². The van der Waals surface area contributed by atoms with Crippen molar-refractivity contribution < 1.29 is 18.0 Å². The molecule has 0 spiro atoms.